The van der Waals surface area contributed by atoms with E-state index < -0.39 is 28.6 Å². The van der Waals surface area contributed by atoms with Crippen molar-refractivity contribution in [2.45, 2.75) is 32.8 Å². The van der Waals surface area contributed by atoms with Gasteiger partial charge in [-0.2, -0.15) is 4.31 Å². The Morgan fingerprint density at radius 3 is 2.61 bits per heavy atom. The molecule has 1 rings (SSSR count). The summed E-state index contributed by atoms with van der Waals surface area (Å²) < 4.78 is 29.7. The van der Waals surface area contributed by atoms with E-state index in [2.05, 4.69) is 0 Å². The van der Waals surface area contributed by atoms with Crippen LogP contribution < -0.4 is 0 Å². The van der Waals surface area contributed by atoms with Gasteiger partial charge in [-0.05, 0) is 6.42 Å². The third-order valence-electron chi connectivity index (χ3n) is 3.78. The molecule has 1 amide bonds. The lowest BCUT2D eigenvalue weighted by molar-refractivity contribution is -0.144. The number of hydrogen-bond donors (Lipinski definition) is 1. The number of carbonyl (C=O) groups excluding carboxylic acids is 1. The molecule has 1 aliphatic heterocycles. The lowest BCUT2D eigenvalue weighted by Gasteiger charge is -2.36. The van der Waals surface area contributed by atoms with Gasteiger partial charge in [0.1, 0.15) is 6.54 Å². The van der Waals surface area contributed by atoms with Gasteiger partial charge in [-0.25, -0.2) is 8.42 Å². The van der Waals surface area contributed by atoms with Gasteiger partial charge in [0.25, 0.3) is 0 Å². The van der Waals surface area contributed by atoms with Crippen LogP contribution in [-0.4, -0.2) is 79.8 Å². The van der Waals surface area contributed by atoms with Crippen molar-refractivity contribution in [1.29, 1.82) is 0 Å². The number of sulfonamides is 1. The van der Waals surface area contributed by atoms with Crippen LogP contribution in [0.3, 0.4) is 0 Å². The number of carboxylic acid groups (broad SMARTS) is 1. The van der Waals surface area contributed by atoms with Crippen LogP contribution in [0.2, 0.25) is 0 Å². The monoisotopic (exact) mass is 350 g/mol. The van der Waals surface area contributed by atoms with Crippen LogP contribution >= 0.6 is 0 Å². The average molecular weight is 350 g/mol. The maximum atomic E-state index is 12.3. The van der Waals surface area contributed by atoms with E-state index in [1.807, 2.05) is 13.8 Å². The van der Waals surface area contributed by atoms with E-state index >= 15 is 0 Å². The largest absolute Gasteiger partial charge is 0.480 e. The number of morpholine rings is 1. The summed E-state index contributed by atoms with van der Waals surface area (Å²) in [7, 11) is -3.65. The topological polar surface area (TPSA) is 104 Å². The Kier molecular flexibility index (Phi) is 7.43. The molecule has 1 fully saturated rings. The van der Waals surface area contributed by atoms with E-state index in [0.717, 1.165) is 23.4 Å². The molecule has 0 bridgehead atoms. The first-order chi connectivity index (χ1) is 10.6. The lowest BCUT2D eigenvalue weighted by atomic mass is 10.0. The minimum Gasteiger partial charge on any atom is -0.480 e. The molecule has 0 saturated carbocycles. The van der Waals surface area contributed by atoms with Crippen molar-refractivity contribution >= 4 is 21.9 Å². The normalized spacial score (nSPS) is 20.5. The van der Waals surface area contributed by atoms with Crippen LogP contribution in [0.5, 0.6) is 0 Å². The second-order valence-electron chi connectivity index (χ2n) is 5.92. The highest BCUT2D eigenvalue weighted by molar-refractivity contribution is 7.88. The molecule has 8 nitrogen and oxygen atoms in total. The summed E-state index contributed by atoms with van der Waals surface area (Å²) in [6.07, 6.45) is 2.16. The fourth-order valence-electron chi connectivity index (χ4n) is 2.59. The van der Waals surface area contributed by atoms with Crippen LogP contribution in [0.25, 0.3) is 0 Å². The predicted octanol–water partition coefficient (Wildman–Crippen LogP) is -0.00380. The zero-order valence-corrected chi connectivity index (χ0v) is 14.7. The minimum atomic E-state index is -3.65. The number of hydrogen-bond acceptors (Lipinski definition) is 5. The second kappa shape index (κ2) is 8.60. The number of amides is 1. The Morgan fingerprint density at radius 1 is 1.43 bits per heavy atom. The molecular weight excluding hydrogens is 324 g/mol. The average Bonchev–Trinajstić information content (AvgIpc) is 2.45. The molecule has 2 unspecified atom stereocenters. The predicted molar refractivity (Wildman–Crippen MR) is 84.4 cm³/mol. The third kappa shape index (κ3) is 6.44. The molecule has 1 aliphatic rings. The number of carbonyl (C=O) groups is 2. The van der Waals surface area contributed by atoms with Crippen molar-refractivity contribution < 1.29 is 27.9 Å². The first kappa shape index (κ1) is 19.9. The summed E-state index contributed by atoms with van der Waals surface area (Å²) in [6, 6.07) is 0. The zero-order valence-electron chi connectivity index (χ0n) is 13.9. The van der Waals surface area contributed by atoms with Gasteiger partial charge in [-0.3, -0.25) is 9.59 Å². The van der Waals surface area contributed by atoms with Gasteiger partial charge in [0.2, 0.25) is 15.9 Å². The molecule has 1 heterocycles. The van der Waals surface area contributed by atoms with Crippen molar-refractivity contribution in [2.24, 2.45) is 5.92 Å². The third-order valence-corrected chi connectivity index (χ3v) is 5.00. The molecule has 0 spiro atoms. The Bertz CT molecular complexity index is 521. The van der Waals surface area contributed by atoms with Gasteiger partial charge >= 0.3 is 5.97 Å². The molecule has 1 N–H and O–H groups in total. The van der Waals surface area contributed by atoms with E-state index in [9.17, 15) is 18.0 Å². The molecule has 134 valence electrons. The first-order valence-corrected chi connectivity index (χ1v) is 9.57. The molecule has 0 aliphatic carbocycles. The first-order valence-electron chi connectivity index (χ1n) is 7.72. The van der Waals surface area contributed by atoms with E-state index in [-0.39, 0.29) is 24.9 Å². The summed E-state index contributed by atoms with van der Waals surface area (Å²) in [6.45, 7) is 4.28. The van der Waals surface area contributed by atoms with Gasteiger partial charge in [-0.15, -0.1) is 0 Å². The van der Waals surface area contributed by atoms with E-state index in [4.69, 9.17) is 9.84 Å². The highest BCUT2D eigenvalue weighted by atomic mass is 32.2. The molecule has 2 atom stereocenters. The Morgan fingerprint density at radius 2 is 2.09 bits per heavy atom. The van der Waals surface area contributed by atoms with Crippen LogP contribution in [-0.2, 0) is 24.3 Å². The SMILES string of the molecule is CCCC(C)C(=O)N1CCOC(CN(CC(=O)O)S(C)(=O)=O)C1. The number of aliphatic carboxylic acids is 1. The summed E-state index contributed by atoms with van der Waals surface area (Å²) >= 11 is 0. The van der Waals surface area contributed by atoms with Gasteiger partial charge in [0.15, 0.2) is 0 Å². The Hall–Kier alpha value is -1.19. The molecule has 9 heteroatoms. The Balaban J connectivity index is 2.70. The molecule has 1 saturated heterocycles. The van der Waals surface area contributed by atoms with Crippen molar-refractivity contribution in [3.05, 3.63) is 0 Å². The van der Waals surface area contributed by atoms with Crippen LogP contribution in [0.4, 0.5) is 0 Å². The second-order valence-corrected chi connectivity index (χ2v) is 7.90. The molecule has 0 aromatic carbocycles. The van der Waals surface area contributed by atoms with Crippen molar-refractivity contribution in [2.75, 3.05) is 39.0 Å². The van der Waals surface area contributed by atoms with E-state index in [1.165, 1.54) is 0 Å². The smallest absolute Gasteiger partial charge is 0.318 e. The lowest BCUT2D eigenvalue weighted by Crippen LogP contribution is -2.52. The van der Waals surface area contributed by atoms with Gasteiger partial charge in [-0.1, -0.05) is 20.3 Å². The fourth-order valence-corrected chi connectivity index (χ4v) is 3.38. The quantitative estimate of drug-likeness (QED) is 0.660. The molecule has 0 radical (unpaired) electrons. The van der Waals surface area contributed by atoms with Crippen LogP contribution in [0, 0.1) is 5.92 Å². The van der Waals surface area contributed by atoms with Gasteiger partial charge in [0.05, 0.1) is 19.0 Å². The van der Waals surface area contributed by atoms with Crippen molar-refractivity contribution in [3.63, 3.8) is 0 Å². The van der Waals surface area contributed by atoms with E-state index in [0.29, 0.717) is 13.2 Å². The summed E-state index contributed by atoms with van der Waals surface area (Å²) in [5.74, 6) is -1.27. The van der Waals surface area contributed by atoms with Crippen LogP contribution in [0.15, 0.2) is 0 Å². The highest BCUT2D eigenvalue weighted by Crippen LogP contribution is 2.15. The highest BCUT2D eigenvalue weighted by Gasteiger charge is 2.30. The number of carboxylic acids is 1. The summed E-state index contributed by atoms with van der Waals surface area (Å²) in [4.78, 5) is 24.8. The number of ether oxygens (including phenoxy) is 1. The maximum absolute atomic E-state index is 12.3. The molecule has 23 heavy (non-hydrogen) atoms. The maximum Gasteiger partial charge on any atom is 0.318 e. The van der Waals surface area contributed by atoms with Gasteiger partial charge in [0, 0.05) is 25.6 Å². The van der Waals surface area contributed by atoms with Crippen LogP contribution in [0.1, 0.15) is 26.7 Å². The number of rotatable bonds is 8. The summed E-state index contributed by atoms with van der Waals surface area (Å²) in [5.41, 5.74) is 0. The van der Waals surface area contributed by atoms with Crippen molar-refractivity contribution in [3.8, 4) is 0 Å². The van der Waals surface area contributed by atoms with Crippen molar-refractivity contribution in [1.82, 2.24) is 9.21 Å². The zero-order chi connectivity index (χ0) is 17.6. The Labute approximate surface area is 137 Å². The molecule has 0 aromatic rings. The minimum absolute atomic E-state index is 0.0318. The molecule has 0 aromatic heterocycles. The summed E-state index contributed by atoms with van der Waals surface area (Å²) in [5, 5.41) is 8.84. The van der Waals surface area contributed by atoms with E-state index in [1.54, 1.807) is 4.90 Å². The van der Waals surface area contributed by atoms with Gasteiger partial charge < -0.3 is 14.7 Å². The number of nitrogens with zero attached hydrogens (tertiary/aromatic N) is 2. The standard InChI is InChI=1S/C14H26N2O6S/c1-4-5-11(2)14(19)15-6-7-22-12(8-15)9-16(10-13(17)18)23(3,20)21/h11-12H,4-10H2,1-3H3,(H,17,18). The fraction of sp³-hybridized carbons (Fsp3) is 0.857. The molecular formula is C14H26N2O6S.